The van der Waals surface area contributed by atoms with Crippen molar-refractivity contribution >= 4 is 22.6 Å². The first-order valence-electron chi connectivity index (χ1n) is 9.49. The Morgan fingerprint density at radius 2 is 1.96 bits per heavy atom. The molecule has 2 aromatic carbocycles. The van der Waals surface area contributed by atoms with E-state index in [4.69, 9.17) is 4.74 Å². The molecule has 1 N–H and O–H groups in total. The number of hydrogen-bond donors (Lipinski definition) is 1. The lowest BCUT2D eigenvalue weighted by molar-refractivity contribution is 0.210. The van der Waals surface area contributed by atoms with Crippen LogP contribution in [0, 0.1) is 0 Å². The lowest BCUT2D eigenvalue weighted by Crippen LogP contribution is -2.35. The van der Waals surface area contributed by atoms with E-state index < -0.39 is 0 Å². The summed E-state index contributed by atoms with van der Waals surface area (Å²) < 4.78 is 7.52. The van der Waals surface area contributed by atoms with Gasteiger partial charge in [0.25, 0.3) is 0 Å². The lowest BCUT2D eigenvalue weighted by Gasteiger charge is -2.22. The van der Waals surface area contributed by atoms with Gasteiger partial charge in [-0.05, 0) is 54.3 Å². The van der Waals surface area contributed by atoms with Crippen LogP contribution in [0.2, 0.25) is 0 Å². The zero-order valence-electron chi connectivity index (χ0n) is 15.9. The van der Waals surface area contributed by atoms with Crippen LogP contribution in [0.3, 0.4) is 0 Å². The van der Waals surface area contributed by atoms with Crippen molar-refractivity contribution in [2.45, 2.75) is 32.9 Å². The molecule has 1 aliphatic rings. The summed E-state index contributed by atoms with van der Waals surface area (Å²) in [4.78, 5) is 14.7. The predicted molar refractivity (Wildman–Crippen MR) is 108 cm³/mol. The molecule has 0 bridgehead atoms. The molecular weight excluding hydrogens is 338 g/mol. The summed E-state index contributed by atoms with van der Waals surface area (Å²) in [6, 6.07) is 13.8. The molecule has 1 aromatic heterocycles. The van der Waals surface area contributed by atoms with Crippen molar-refractivity contribution in [2.75, 3.05) is 19.0 Å². The lowest BCUT2D eigenvalue weighted by atomic mass is 10.1. The van der Waals surface area contributed by atoms with Gasteiger partial charge in [0.1, 0.15) is 5.75 Å². The van der Waals surface area contributed by atoms with Gasteiger partial charge in [0.05, 0.1) is 7.11 Å². The average Bonchev–Trinajstić information content (AvgIpc) is 2.92. The molecule has 5 nitrogen and oxygen atoms in total. The number of methoxy groups -OCH3 is 1. The molecule has 0 saturated carbocycles. The van der Waals surface area contributed by atoms with Crippen molar-refractivity contribution in [2.24, 2.45) is 0 Å². The Bertz CT molecular complexity index is 960. The highest BCUT2D eigenvalue weighted by Gasteiger charge is 2.22. The van der Waals surface area contributed by atoms with Gasteiger partial charge >= 0.3 is 6.03 Å². The number of rotatable bonds is 4. The van der Waals surface area contributed by atoms with Gasteiger partial charge in [-0.25, -0.2) is 4.79 Å². The third-order valence-corrected chi connectivity index (χ3v) is 5.18. The first-order valence-corrected chi connectivity index (χ1v) is 9.49. The molecule has 2 amide bonds. The molecule has 27 heavy (non-hydrogen) atoms. The second-order valence-corrected chi connectivity index (χ2v) is 6.99. The normalized spacial score (nSPS) is 13.5. The molecule has 0 saturated heterocycles. The number of anilines is 1. The molecular formula is C22H25N3O2. The maximum absolute atomic E-state index is 12.8. The quantitative estimate of drug-likeness (QED) is 0.733. The molecule has 2 heterocycles. The summed E-state index contributed by atoms with van der Waals surface area (Å²) in [7, 11) is 1.63. The fourth-order valence-corrected chi connectivity index (χ4v) is 3.86. The SMILES string of the molecule is CCCn1cc2c3c(cccc31)CN(C(=O)Nc1ccc(OC)cc1)CC2. The van der Waals surface area contributed by atoms with Gasteiger partial charge in [0.15, 0.2) is 0 Å². The third-order valence-electron chi connectivity index (χ3n) is 5.18. The Hall–Kier alpha value is -2.95. The Morgan fingerprint density at radius 1 is 1.15 bits per heavy atom. The van der Waals surface area contributed by atoms with Gasteiger partial charge in [0.2, 0.25) is 0 Å². The molecule has 0 spiro atoms. The molecule has 0 fully saturated rings. The van der Waals surface area contributed by atoms with Crippen molar-refractivity contribution in [1.29, 1.82) is 0 Å². The van der Waals surface area contributed by atoms with E-state index >= 15 is 0 Å². The van der Waals surface area contributed by atoms with E-state index in [0.717, 1.165) is 30.8 Å². The molecule has 3 aromatic rings. The average molecular weight is 363 g/mol. The fraction of sp³-hybridized carbons (Fsp3) is 0.318. The number of aryl methyl sites for hydroxylation is 1. The van der Waals surface area contributed by atoms with Crippen LogP contribution in [-0.2, 0) is 19.5 Å². The summed E-state index contributed by atoms with van der Waals surface area (Å²) in [6.45, 7) is 4.57. The molecule has 4 rings (SSSR count). The Labute approximate surface area is 159 Å². The number of amides is 2. The highest BCUT2D eigenvalue weighted by atomic mass is 16.5. The number of aromatic nitrogens is 1. The smallest absolute Gasteiger partial charge is 0.322 e. The Balaban J connectivity index is 1.56. The van der Waals surface area contributed by atoms with E-state index in [9.17, 15) is 4.79 Å². The van der Waals surface area contributed by atoms with Crippen molar-refractivity contribution in [3.05, 3.63) is 59.8 Å². The van der Waals surface area contributed by atoms with Gasteiger partial charge in [-0.3, -0.25) is 0 Å². The summed E-state index contributed by atoms with van der Waals surface area (Å²) >= 11 is 0. The number of carbonyl (C=O) groups is 1. The molecule has 1 aliphatic heterocycles. The van der Waals surface area contributed by atoms with Crippen LogP contribution in [0.1, 0.15) is 24.5 Å². The molecule has 5 heteroatoms. The molecule has 0 atom stereocenters. The Morgan fingerprint density at radius 3 is 2.70 bits per heavy atom. The second kappa shape index (κ2) is 7.35. The van der Waals surface area contributed by atoms with Crippen LogP contribution in [0.4, 0.5) is 10.5 Å². The van der Waals surface area contributed by atoms with Gasteiger partial charge in [-0.15, -0.1) is 0 Å². The van der Waals surface area contributed by atoms with Crippen LogP contribution >= 0.6 is 0 Å². The number of urea groups is 1. The minimum atomic E-state index is -0.0660. The standard InChI is InChI=1S/C22H25N3O2/c1-3-12-24-14-17-11-13-25(15-16-5-4-6-20(24)21(16)17)22(26)23-18-7-9-19(27-2)10-8-18/h4-10,14H,3,11-13,15H2,1-2H3,(H,23,26). The minimum Gasteiger partial charge on any atom is -0.497 e. The molecule has 0 unspecified atom stereocenters. The van der Waals surface area contributed by atoms with Crippen molar-refractivity contribution in [3.8, 4) is 5.75 Å². The largest absolute Gasteiger partial charge is 0.497 e. The van der Waals surface area contributed by atoms with Gasteiger partial charge in [0, 0.05) is 42.4 Å². The van der Waals surface area contributed by atoms with E-state index in [-0.39, 0.29) is 6.03 Å². The van der Waals surface area contributed by atoms with Gasteiger partial charge in [-0.1, -0.05) is 19.1 Å². The highest BCUT2D eigenvalue weighted by Crippen LogP contribution is 2.30. The van der Waals surface area contributed by atoms with E-state index in [1.165, 1.54) is 22.0 Å². The van der Waals surface area contributed by atoms with Gasteiger partial charge < -0.3 is 19.5 Å². The van der Waals surface area contributed by atoms with E-state index in [1.54, 1.807) is 7.11 Å². The van der Waals surface area contributed by atoms with Crippen LogP contribution < -0.4 is 10.1 Å². The molecule has 0 radical (unpaired) electrons. The van der Waals surface area contributed by atoms with E-state index in [1.807, 2.05) is 29.2 Å². The zero-order chi connectivity index (χ0) is 18.8. The summed E-state index contributed by atoms with van der Waals surface area (Å²) in [5.41, 5.74) is 4.62. The zero-order valence-corrected chi connectivity index (χ0v) is 15.9. The summed E-state index contributed by atoms with van der Waals surface area (Å²) in [5, 5.41) is 4.32. The van der Waals surface area contributed by atoms with Crippen LogP contribution in [0.25, 0.3) is 10.9 Å². The first-order chi connectivity index (χ1) is 13.2. The van der Waals surface area contributed by atoms with Crippen LogP contribution in [0.5, 0.6) is 5.75 Å². The monoisotopic (exact) mass is 363 g/mol. The van der Waals surface area contributed by atoms with Crippen molar-refractivity contribution in [3.63, 3.8) is 0 Å². The highest BCUT2D eigenvalue weighted by molar-refractivity contribution is 5.92. The predicted octanol–water partition coefficient (Wildman–Crippen LogP) is 4.65. The molecule has 140 valence electrons. The number of nitrogens with zero attached hydrogens (tertiary/aromatic N) is 2. The third kappa shape index (κ3) is 3.37. The number of nitrogens with one attached hydrogen (secondary N) is 1. The van der Waals surface area contributed by atoms with Crippen LogP contribution in [-0.4, -0.2) is 29.2 Å². The maximum Gasteiger partial charge on any atom is 0.322 e. The topological polar surface area (TPSA) is 46.5 Å². The van der Waals surface area contributed by atoms with Crippen LogP contribution in [0.15, 0.2) is 48.7 Å². The fourth-order valence-electron chi connectivity index (χ4n) is 3.86. The first kappa shape index (κ1) is 17.5. The molecule has 0 aliphatic carbocycles. The number of carbonyl (C=O) groups excluding carboxylic acids is 1. The van der Waals surface area contributed by atoms with E-state index in [0.29, 0.717) is 13.1 Å². The van der Waals surface area contributed by atoms with E-state index in [2.05, 4.69) is 41.2 Å². The summed E-state index contributed by atoms with van der Waals surface area (Å²) in [5.74, 6) is 0.776. The summed E-state index contributed by atoms with van der Waals surface area (Å²) in [6.07, 6.45) is 4.26. The number of benzene rings is 2. The van der Waals surface area contributed by atoms with Crippen molar-refractivity contribution in [1.82, 2.24) is 9.47 Å². The minimum absolute atomic E-state index is 0.0660. The Kier molecular flexibility index (Phi) is 4.75. The second-order valence-electron chi connectivity index (χ2n) is 6.99. The van der Waals surface area contributed by atoms with Crippen molar-refractivity contribution < 1.29 is 9.53 Å². The maximum atomic E-state index is 12.8. The van der Waals surface area contributed by atoms with Gasteiger partial charge in [-0.2, -0.15) is 0 Å². The number of hydrogen-bond acceptors (Lipinski definition) is 2. The number of ether oxygens (including phenoxy) is 1.